The molecule has 0 spiro atoms. The Morgan fingerprint density at radius 3 is 2.24 bits per heavy atom. The van der Waals surface area contributed by atoms with E-state index in [1.807, 2.05) is 12.3 Å². The zero-order chi connectivity index (χ0) is 13.0. The fourth-order valence-electron chi connectivity index (χ4n) is 1.45. The van der Waals surface area contributed by atoms with Gasteiger partial charge < -0.3 is 0 Å². The Morgan fingerprint density at radius 2 is 1.76 bits per heavy atom. The van der Waals surface area contributed by atoms with Crippen LogP contribution in [0.15, 0.2) is 6.07 Å². The highest BCUT2D eigenvalue weighted by molar-refractivity contribution is 8.03. The molecule has 1 atom stereocenters. The molecule has 0 saturated heterocycles. The summed E-state index contributed by atoms with van der Waals surface area (Å²) >= 11 is 25.4. The first-order valence-corrected chi connectivity index (χ1v) is 7.32. The lowest BCUT2D eigenvalue weighted by Gasteiger charge is -2.16. The lowest BCUT2D eigenvalue weighted by atomic mass is 9.98. The monoisotopic (exact) mass is 327 g/mol. The van der Waals surface area contributed by atoms with E-state index in [0.717, 1.165) is 12.0 Å². The molecule has 0 saturated carbocycles. The van der Waals surface area contributed by atoms with Gasteiger partial charge in [-0.15, -0.1) is 0 Å². The summed E-state index contributed by atoms with van der Waals surface area (Å²) in [7, 11) is 0. The number of nitrogens with zero attached hydrogens (tertiary/aromatic N) is 1. The van der Waals surface area contributed by atoms with E-state index in [9.17, 15) is 0 Å². The Hall–Kier alpha value is 0.220. The molecule has 0 bridgehead atoms. The van der Waals surface area contributed by atoms with Gasteiger partial charge in [-0.3, -0.25) is 0 Å². The summed E-state index contributed by atoms with van der Waals surface area (Å²) in [4.78, 5) is 0. The molecule has 1 aromatic carbocycles. The van der Waals surface area contributed by atoms with Crippen molar-refractivity contribution in [1.29, 1.82) is 5.26 Å². The maximum Gasteiger partial charge on any atom is 0.133 e. The smallest absolute Gasteiger partial charge is 0.133 e. The molecule has 92 valence electrons. The normalized spacial score (nSPS) is 12.2. The third kappa shape index (κ3) is 3.84. The van der Waals surface area contributed by atoms with Gasteiger partial charge in [0.15, 0.2) is 0 Å². The van der Waals surface area contributed by atoms with Crippen LogP contribution in [-0.2, 0) is 0 Å². The molecule has 0 aliphatic rings. The van der Waals surface area contributed by atoms with E-state index in [0.29, 0.717) is 25.8 Å². The van der Waals surface area contributed by atoms with Gasteiger partial charge in [0.1, 0.15) is 5.40 Å². The highest BCUT2D eigenvalue weighted by Crippen LogP contribution is 2.42. The molecular formula is C11H9Cl4NS. The maximum absolute atomic E-state index is 8.47. The number of halogens is 4. The van der Waals surface area contributed by atoms with Crippen molar-refractivity contribution >= 4 is 58.2 Å². The Morgan fingerprint density at radius 1 is 1.24 bits per heavy atom. The third-order valence-corrected chi connectivity index (χ3v) is 4.53. The number of hydrogen-bond acceptors (Lipinski definition) is 2. The van der Waals surface area contributed by atoms with Crippen LogP contribution in [0.2, 0.25) is 20.1 Å². The van der Waals surface area contributed by atoms with Crippen LogP contribution in [0.25, 0.3) is 0 Å². The van der Waals surface area contributed by atoms with Crippen LogP contribution in [0.5, 0.6) is 0 Å². The van der Waals surface area contributed by atoms with Crippen molar-refractivity contribution in [1.82, 2.24) is 0 Å². The van der Waals surface area contributed by atoms with Crippen molar-refractivity contribution in [3.63, 3.8) is 0 Å². The van der Waals surface area contributed by atoms with Crippen LogP contribution in [-0.4, -0.2) is 5.75 Å². The van der Waals surface area contributed by atoms with Crippen LogP contribution in [0.3, 0.4) is 0 Å². The predicted molar refractivity (Wildman–Crippen MR) is 77.6 cm³/mol. The maximum atomic E-state index is 8.47. The van der Waals surface area contributed by atoms with Crippen LogP contribution in [0, 0.1) is 10.7 Å². The van der Waals surface area contributed by atoms with Crippen molar-refractivity contribution in [2.45, 2.75) is 19.3 Å². The van der Waals surface area contributed by atoms with E-state index in [1.54, 1.807) is 0 Å². The molecule has 1 unspecified atom stereocenters. The second-order valence-corrected chi connectivity index (χ2v) is 5.96. The lowest BCUT2D eigenvalue weighted by Crippen LogP contribution is -1.98. The zero-order valence-electron chi connectivity index (χ0n) is 8.94. The summed E-state index contributed by atoms with van der Waals surface area (Å²) in [5.74, 6) is 0.820. The number of rotatable bonds is 4. The minimum atomic E-state index is 0.104. The second-order valence-electron chi connectivity index (χ2n) is 3.51. The fraction of sp³-hybridized carbons (Fsp3) is 0.364. The Labute approximate surface area is 125 Å². The average Bonchev–Trinajstić information content (AvgIpc) is 2.27. The summed E-state index contributed by atoms with van der Waals surface area (Å²) in [5.41, 5.74) is 0.754. The molecule has 0 fully saturated rings. The zero-order valence-corrected chi connectivity index (χ0v) is 12.8. The van der Waals surface area contributed by atoms with Gasteiger partial charge in [0.05, 0.1) is 20.1 Å². The third-order valence-electron chi connectivity index (χ3n) is 2.36. The molecule has 0 N–H and O–H groups in total. The number of thiocyanates is 1. The number of benzene rings is 1. The van der Waals surface area contributed by atoms with Gasteiger partial charge in [-0.05, 0) is 35.7 Å². The first-order valence-electron chi connectivity index (χ1n) is 4.82. The molecule has 6 heteroatoms. The molecular weight excluding hydrogens is 320 g/mol. The topological polar surface area (TPSA) is 23.8 Å². The Kier molecular flexibility index (Phi) is 6.26. The highest BCUT2D eigenvalue weighted by Gasteiger charge is 2.19. The van der Waals surface area contributed by atoms with Crippen LogP contribution >= 0.6 is 58.2 Å². The standard InChI is InChI=1S/C11H9Cl4NS/c1-6(2-3-17-5-16)9-10(14)7(12)4-8(13)11(9)15/h4,6H,2-3H2,1H3. The SMILES string of the molecule is CC(CCSC#N)c1c(Cl)c(Cl)cc(Cl)c1Cl. The highest BCUT2D eigenvalue weighted by atomic mass is 35.5. The van der Waals surface area contributed by atoms with Gasteiger partial charge in [-0.2, -0.15) is 5.26 Å². The van der Waals surface area contributed by atoms with Crippen LogP contribution < -0.4 is 0 Å². The van der Waals surface area contributed by atoms with Gasteiger partial charge in [-0.1, -0.05) is 53.3 Å². The molecule has 1 aromatic rings. The molecule has 0 aromatic heterocycles. The summed E-state index contributed by atoms with van der Waals surface area (Å²) in [5, 5.41) is 12.2. The van der Waals surface area contributed by atoms with Crippen molar-refractivity contribution in [2.24, 2.45) is 0 Å². The van der Waals surface area contributed by atoms with E-state index in [2.05, 4.69) is 0 Å². The summed E-state index contributed by atoms with van der Waals surface area (Å²) < 4.78 is 0. The number of hydrogen-bond donors (Lipinski definition) is 0. The minimum absolute atomic E-state index is 0.104. The summed E-state index contributed by atoms with van der Waals surface area (Å²) in [6.07, 6.45) is 0.786. The first kappa shape index (κ1) is 15.3. The molecule has 0 radical (unpaired) electrons. The van der Waals surface area contributed by atoms with Crippen molar-refractivity contribution in [2.75, 3.05) is 5.75 Å². The van der Waals surface area contributed by atoms with E-state index < -0.39 is 0 Å². The van der Waals surface area contributed by atoms with Crippen LogP contribution in [0.1, 0.15) is 24.8 Å². The Balaban J connectivity index is 3.00. The van der Waals surface area contributed by atoms with E-state index in [-0.39, 0.29) is 5.92 Å². The Bertz CT molecular complexity index is 430. The average molecular weight is 329 g/mol. The van der Waals surface area contributed by atoms with Gasteiger partial charge in [0.25, 0.3) is 0 Å². The molecule has 0 heterocycles. The van der Waals surface area contributed by atoms with Gasteiger partial charge in [0.2, 0.25) is 0 Å². The van der Waals surface area contributed by atoms with E-state index in [1.165, 1.54) is 17.8 Å². The fourth-order valence-corrected chi connectivity index (χ4v) is 3.21. The largest absolute Gasteiger partial charge is 0.185 e. The molecule has 17 heavy (non-hydrogen) atoms. The molecule has 1 rings (SSSR count). The molecule has 0 aliphatic heterocycles. The number of thioether (sulfide) groups is 1. The van der Waals surface area contributed by atoms with Crippen molar-refractivity contribution < 1.29 is 0 Å². The lowest BCUT2D eigenvalue weighted by molar-refractivity contribution is 0.742. The van der Waals surface area contributed by atoms with Crippen molar-refractivity contribution in [3.05, 3.63) is 31.7 Å². The molecule has 1 nitrogen and oxygen atoms in total. The van der Waals surface area contributed by atoms with Gasteiger partial charge >= 0.3 is 0 Å². The van der Waals surface area contributed by atoms with Gasteiger partial charge in [-0.25, -0.2) is 0 Å². The quantitative estimate of drug-likeness (QED) is 0.384. The summed E-state index contributed by atoms with van der Waals surface area (Å²) in [6, 6.07) is 1.54. The summed E-state index contributed by atoms with van der Waals surface area (Å²) in [6.45, 7) is 1.98. The van der Waals surface area contributed by atoms with Gasteiger partial charge in [0, 0.05) is 5.75 Å². The minimum Gasteiger partial charge on any atom is -0.185 e. The molecule has 0 amide bonds. The predicted octanol–water partition coefficient (Wildman–Crippen LogP) is 6.01. The van der Waals surface area contributed by atoms with E-state index >= 15 is 0 Å². The number of nitriles is 1. The second kappa shape index (κ2) is 6.97. The van der Waals surface area contributed by atoms with E-state index in [4.69, 9.17) is 51.7 Å². The van der Waals surface area contributed by atoms with Crippen molar-refractivity contribution in [3.8, 4) is 5.40 Å². The van der Waals surface area contributed by atoms with Crippen LogP contribution in [0.4, 0.5) is 0 Å². The first-order chi connectivity index (χ1) is 7.99. The molecule has 0 aliphatic carbocycles.